The molecule has 0 aliphatic rings. The first-order valence-corrected chi connectivity index (χ1v) is 10.7. The minimum absolute atomic E-state index is 0.0762. The van der Waals surface area contributed by atoms with E-state index in [1.54, 1.807) is 13.8 Å². The molecule has 0 aliphatic heterocycles. The van der Waals surface area contributed by atoms with Crippen molar-refractivity contribution in [3.63, 3.8) is 0 Å². The van der Waals surface area contributed by atoms with Gasteiger partial charge < -0.3 is 13.8 Å². The minimum Gasteiger partial charge on any atom is -0.461 e. The second-order valence-electron chi connectivity index (χ2n) is 6.15. The molecule has 0 bridgehead atoms. The second-order valence-corrected chi connectivity index (χ2v) is 8.37. The fraction of sp³-hybridized carbons (Fsp3) is 0.381. The highest BCUT2D eigenvalue weighted by Gasteiger charge is 2.38. The minimum atomic E-state index is -3.52. The van der Waals surface area contributed by atoms with Gasteiger partial charge in [-0.25, -0.2) is 0 Å². The van der Waals surface area contributed by atoms with Crippen LogP contribution in [-0.2, 0) is 29.8 Å². The van der Waals surface area contributed by atoms with Crippen molar-refractivity contribution in [1.29, 1.82) is 0 Å². The smallest absolute Gasteiger partial charge is 0.338 e. The molecule has 2 aromatic rings. The van der Waals surface area contributed by atoms with Crippen molar-refractivity contribution < 1.29 is 23.1 Å². The molecule has 0 aliphatic carbocycles. The number of benzene rings is 2. The molecule has 0 radical (unpaired) electrons. The molecule has 6 heteroatoms. The summed E-state index contributed by atoms with van der Waals surface area (Å²) >= 11 is 0. The zero-order chi connectivity index (χ0) is 19.7. The molecule has 0 saturated heterocycles. The van der Waals surface area contributed by atoms with Crippen LogP contribution in [0.15, 0.2) is 54.6 Å². The molecule has 0 fully saturated rings. The summed E-state index contributed by atoms with van der Waals surface area (Å²) < 4.78 is 29.8. The van der Waals surface area contributed by atoms with Crippen LogP contribution in [0, 0.1) is 6.92 Å². The van der Waals surface area contributed by atoms with E-state index in [0.717, 1.165) is 16.7 Å². The van der Waals surface area contributed by atoms with E-state index >= 15 is 0 Å². The molecule has 0 heterocycles. The zero-order valence-electron chi connectivity index (χ0n) is 16.1. The maximum Gasteiger partial charge on any atom is 0.338 e. The van der Waals surface area contributed by atoms with E-state index in [-0.39, 0.29) is 26.2 Å². The first-order valence-electron chi connectivity index (χ1n) is 9.13. The Labute approximate surface area is 161 Å². The number of hydrogen-bond acceptors (Lipinski definition) is 5. The maximum absolute atomic E-state index is 13.4. The van der Waals surface area contributed by atoms with E-state index < -0.39 is 19.2 Å². The first-order chi connectivity index (χ1) is 13.0. The first kappa shape index (κ1) is 21.4. The van der Waals surface area contributed by atoms with Crippen molar-refractivity contribution in [2.45, 2.75) is 39.5 Å². The molecule has 0 spiro atoms. The summed E-state index contributed by atoms with van der Waals surface area (Å²) in [5, 5.41) is 0. The number of hydrogen-bond donors (Lipinski definition) is 0. The van der Waals surface area contributed by atoms with Crippen LogP contribution >= 0.6 is 7.60 Å². The van der Waals surface area contributed by atoms with Crippen LogP contribution in [0.4, 0.5) is 0 Å². The van der Waals surface area contributed by atoms with Gasteiger partial charge in [0.2, 0.25) is 0 Å². The zero-order valence-corrected chi connectivity index (χ0v) is 17.0. The number of rotatable bonds is 10. The van der Waals surface area contributed by atoms with Crippen molar-refractivity contribution in [2.75, 3.05) is 13.2 Å². The van der Waals surface area contributed by atoms with Crippen LogP contribution in [-0.4, -0.2) is 19.2 Å². The Morgan fingerprint density at radius 3 is 2.11 bits per heavy atom. The van der Waals surface area contributed by atoms with Gasteiger partial charge in [-0.05, 0) is 31.9 Å². The summed E-state index contributed by atoms with van der Waals surface area (Å²) in [6.45, 7) is 6.13. The summed E-state index contributed by atoms with van der Waals surface area (Å²) in [7, 11) is -3.52. The topological polar surface area (TPSA) is 61.8 Å². The summed E-state index contributed by atoms with van der Waals surface area (Å²) in [5.41, 5.74) is 2.01. The molecule has 146 valence electrons. The lowest BCUT2D eigenvalue weighted by molar-refractivity contribution is -0.145. The number of ether oxygens (including phenoxy) is 1. The largest absolute Gasteiger partial charge is 0.461 e. The summed E-state index contributed by atoms with van der Waals surface area (Å²) in [4.78, 5) is 12.5. The maximum atomic E-state index is 13.4. The van der Waals surface area contributed by atoms with Crippen LogP contribution in [0.5, 0.6) is 0 Å². The Kier molecular flexibility index (Phi) is 8.23. The van der Waals surface area contributed by atoms with Crippen LogP contribution in [0.1, 0.15) is 42.6 Å². The van der Waals surface area contributed by atoms with Crippen molar-refractivity contribution in [3.8, 4) is 0 Å². The summed E-state index contributed by atoms with van der Waals surface area (Å²) in [6, 6.07) is 17.0. The Morgan fingerprint density at radius 2 is 1.56 bits per heavy atom. The number of carbonyl (C=O) groups is 1. The van der Waals surface area contributed by atoms with Gasteiger partial charge >= 0.3 is 13.6 Å². The van der Waals surface area contributed by atoms with Gasteiger partial charge in [0.15, 0.2) is 0 Å². The van der Waals surface area contributed by atoms with Gasteiger partial charge in [0.25, 0.3) is 0 Å². The SMILES string of the molecule is CCOP(=O)(OCC)[C@@H](CC(=O)OCc1ccccc1)c1ccc(C)cc1. The molecule has 1 atom stereocenters. The van der Waals surface area contributed by atoms with Gasteiger partial charge in [0.05, 0.1) is 25.3 Å². The normalized spacial score (nSPS) is 12.6. The molecule has 0 saturated carbocycles. The summed E-state index contributed by atoms with van der Waals surface area (Å²) in [6.07, 6.45) is -0.0762. The molecule has 2 rings (SSSR count). The molecule has 0 N–H and O–H groups in total. The van der Waals surface area contributed by atoms with Gasteiger partial charge in [0.1, 0.15) is 6.61 Å². The third kappa shape index (κ3) is 6.31. The summed E-state index contributed by atoms with van der Waals surface area (Å²) in [5.74, 6) is -0.441. The van der Waals surface area contributed by atoms with E-state index in [2.05, 4.69) is 0 Å². The molecule has 27 heavy (non-hydrogen) atoms. The van der Waals surface area contributed by atoms with E-state index in [0.29, 0.717) is 0 Å². The van der Waals surface area contributed by atoms with Crippen LogP contribution in [0.25, 0.3) is 0 Å². The molecule has 0 amide bonds. The third-order valence-corrected chi connectivity index (χ3v) is 6.54. The monoisotopic (exact) mass is 390 g/mol. The highest BCUT2D eigenvalue weighted by Crippen LogP contribution is 2.62. The number of aryl methyl sites for hydroxylation is 1. The van der Waals surface area contributed by atoms with Crippen LogP contribution in [0.3, 0.4) is 0 Å². The number of carbonyl (C=O) groups excluding carboxylic acids is 1. The lowest BCUT2D eigenvalue weighted by Gasteiger charge is -2.26. The predicted molar refractivity (Wildman–Crippen MR) is 106 cm³/mol. The Balaban J connectivity index is 2.19. The molecular weight excluding hydrogens is 363 g/mol. The fourth-order valence-corrected chi connectivity index (χ4v) is 4.80. The predicted octanol–water partition coefficient (Wildman–Crippen LogP) is 5.44. The Hall–Kier alpha value is -1.94. The van der Waals surface area contributed by atoms with Gasteiger partial charge in [-0.1, -0.05) is 60.2 Å². The van der Waals surface area contributed by atoms with Crippen molar-refractivity contribution in [3.05, 3.63) is 71.3 Å². The average molecular weight is 390 g/mol. The highest BCUT2D eigenvalue weighted by atomic mass is 31.2. The van der Waals surface area contributed by atoms with Crippen molar-refractivity contribution in [1.82, 2.24) is 0 Å². The average Bonchev–Trinajstić information content (AvgIpc) is 2.66. The van der Waals surface area contributed by atoms with Gasteiger partial charge in [0, 0.05) is 0 Å². The van der Waals surface area contributed by atoms with Crippen LogP contribution in [0.2, 0.25) is 0 Å². The lowest BCUT2D eigenvalue weighted by atomic mass is 10.1. The highest BCUT2D eigenvalue weighted by molar-refractivity contribution is 7.54. The lowest BCUT2D eigenvalue weighted by Crippen LogP contribution is -2.14. The molecule has 2 aromatic carbocycles. The quantitative estimate of drug-likeness (QED) is 0.400. The molecular formula is C21H27O5P. The van der Waals surface area contributed by atoms with E-state index in [4.69, 9.17) is 13.8 Å². The van der Waals surface area contributed by atoms with Crippen molar-refractivity contribution in [2.24, 2.45) is 0 Å². The molecule has 0 aromatic heterocycles. The third-order valence-electron chi connectivity index (χ3n) is 4.06. The standard InChI is InChI=1S/C21H27O5P/c1-4-25-27(23,26-5-2)20(19-13-11-17(3)12-14-19)15-21(22)24-16-18-9-7-6-8-10-18/h6-14,20H,4-5,15-16H2,1-3H3/t20-/m0/s1. The van der Waals surface area contributed by atoms with E-state index in [1.807, 2.05) is 61.5 Å². The van der Waals surface area contributed by atoms with Gasteiger partial charge in [-0.3, -0.25) is 9.36 Å². The fourth-order valence-electron chi connectivity index (χ4n) is 2.73. The molecule has 5 nitrogen and oxygen atoms in total. The van der Waals surface area contributed by atoms with Crippen LogP contribution < -0.4 is 0 Å². The second kappa shape index (κ2) is 10.4. The number of esters is 1. The Bertz CT molecular complexity index is 748. The van der Waals surface area contributed by atoms with Crippen molar-refractivity contribution >= 4 is 13.6 Å². The van der Waals surface area contributed by atoms with Gasteiger partial charge in [-0.2, -0.15) is 0 Å². The molecule has 0 unspecified atom stereocenters. The van der Waals surface area contributed by atoms with E-state index in [1.165, 1.54) is 0 Å². The Morgan fingerprint density at radius 1 is 0.963 bits per heavy atom. The van der Waals surface area contributed by atoms with E-state index in [9.17, 15) is 9.36 Å². The van der Waals surface area contributed by atoms with Gasteiger partial charge in [-0.15, -0.1) is 0 Å².